The van der Waals surface area contributed by atoms with E-state index < -0.39 is 5.95 Å². The van der Waals surface area contributed by atoms with Crippen LogP contribution in [0.5, 0.6) is 5.75 Å². The Bertz CT molecular complexity index is 525. The number of nitrogens with zero attached hydrogens (tertiary/aromatic N) is 1. The predicted molar refractivity (Wildman–Crippen MR) is 63.0 cm³/mol. The molecule has 0 atom stereocenters. The van der Waals surface area contributed by atoms with Crippen LogP contribution in [0.2, 0.25) is 0 Å². The van der Waals surface area contributed by atoms with E-state index in [1.807, 2.05) is 0 Å². The van der Waals surface area contributed by atoms with Gasteiger partial charge in [0.05, 0.1) is 19.0 Å². The van der Waals surface area contributed by atoms with Gasteiger partial charge in [0.2, 0.25) is 5.95 Å². The summed E-state index contributed by atoms with van der Waals surface area (Å²) in [5.41, 5.74) is 0.437. The smallest absolute Gasteiger partial charge is 0.269 e. The molecular formula is C11H9FN2O2S. The van der Waals surface area contributed by atoms with Crippen LogP contribution in [0.15, 0.2) is 29.8 Å². The molecule has 2 aromatic rings. The Hall–Kier alpha value is -1.95. The normalized spacial score (nSPS) is 10.0. The Morgan fingerprint density at radius 2 is 2.29 bits per heavy atom. The van der Waals surface area contributed by atoms with Crippen LogP contribution in [0.3, 0.4) is 0 Å². The molecule has 0 fully saturated rings. The quantitative estimate of drug-likeness (QED) is 0.854. The average Bonchev–Trinajstić information content (AvgIpc) is 2.80. The standard InChI is InChI=1S/C11H9FN2O2S/c1-16-8-4-5-17-10(8)11(15)14-7-2-3-9(12)13-6-7/h2-6H,1H3,(H,14,15). The van der Waals surface area contributed by atoms with E-state index in [4.69, 9.17) is 4.74 Å². The van der Waals surface area contributed by atoms with E-state index in [1.165, 1.54) is 36.8 Å². The van der Waals surface area contributed by atoms with Gasteiger partial charge in [0.1, 0.15) is 10.6 Å². The molecule has 2 heterocycles. The van der Waals surface area contributed by atoms with Crippen molar-refractivity contribution in [3.8, 4) is 5.75 Å². The fourth-order valence-electron chi connectivity index (χ4n) is 1.26. The van der Waals surface area contributed by atoms with Crippen LogP contribution in [-0.2, 0) is 0 Å². The Balaban J connectivity index is 2.14. The monoisotopic (exact) mass is 252 g/mol. The summed E-state index contributed by atoms with van der Waals surface area (Å²) in [6, 6.07) is 4.34. The molecule has 6 heteroatoms. The molecule has 4 nitrogen and oxygen atoms in total. The minimum absolute atomic E-state index is 0.301. The van der Waals surface area contributed by atoms with E-state index in [9.17, 15) is 9.18 Å². The number of nitrogens with one attached hydrogen (secondary N) is 1. The van der Waals surface area contributed by atoms with Crippen molar-refractivity contribution in [2.75, 3.05) is 12.4 Å². The van der Waals surface area contributed by atoms with Crippen LogP contribution in [-0.4, -0.2) is 18.0 Å². The van der Waals surface area contributed by atoms with Crippen molar-refractivity contribution in [1.29, 1.82) is 0 Å². The van der Waals surface area contributed by atoms with Crippen LogP contribution in [0.1, 0.15) is 9.67 Å². The molecule has 1 amide bonds. The van der Waals surface area contributed by atoms with Gasteiger partial charge in [0, 0.05) is 0 Å². The maximum Gasteiger partial charge on any atom is 0.269 e. The van der Waals surface area contributed by atoms with E-state index >= 15 is 0 Å². The lowest BCUT2D eigenvalue weighted by Gasteiger charge is -2.04. The highest BCUT2D eigenvalue weighted by Gasteiger charge is 2.13. The lowest BCUT2D eigenvalue weighted by molar-refractivity contribution is 0.102. The summed E-state index contributed by atoms with van der Waals surface area (Å²) in [5, 5.41) is 4.37. The highest BCUT2D eigenvalue weighted by Crippen LogP contribution is 2.25. The number of hydrogen-bond acceptors (Lipinski definition) is 4. The number of hydrogen-bond donors (Lipinski definition) is 1. The number of carbonyl (C=O) groups is 1. The van der Waals surface area contributed by atoms with E-state index in [1.54, 1.807) is 11.4 Å². The van der Waals surface area contributed by atoms with Crippen molar-refractivity contribution in [1.82, 2.24) is 4.98 Å². The number of anilines is 1. The molecule has 2 rings (SSSR count). The summed E-state index contributed by atoms with van der Waals surface area (Å²) in [7, 11) is 1.50. The van der Waals surface area contributed by atoms with Gasteiger partial charge in [-0.05, 0) is 23.6 Å². The van der Waals surface area contributed by atoms with Gasteiger partial charge >= 0.3 is 0 Å². The molecule has 0 saturated heterocycles. The van der Waals surface area contributed by atoms with Crippen LogP contribution >= 0.6 is 11.3 Å². The lowest BCUT2D eigenvalue weighted by Crippen LogP contribution is -2.11. The maximum absolute atomic E-state index is 12.6. The van der Waals surface area contributed by atoms with Crippen LogP contribution in [0.4, 0.5) is 10.1 Å². The lowest BCUT2D eigenvalue weighted by atomic mass is 10.3. The minimum Gasteiger partial charge on any atom is -0.495 e. The van der Waals surface area contributed by atoms with Crippen molar-refractivity contribution in [2.24, 2.45) is 0 Å². The zero-order valence-electron chi connectivity index (χ0n) is 8.94. The zero-order valence-corrected chi connectivity index (χ0v) is 9.75. The molecule has 1 N–H and O–H groups in total. The fraction of sp³-hybridized carbons (Fsp3) is 0.0909. The van der Waals surface area contributed by atoms with Crippen molar-refractivity contribution >= 4 is 22.9 Å². The predicted octanol–water partition coefficient (Wildman–Crippen LogP) is 2.54. The summed E-state index contributed by atoms with van der Waals surface area (Å²) in [4.78, 5) is 15.8. The number of thiophene rings is 1. The summed E-state index contributed by atoms with van der Waals surface area (Å²) in [5.74, 6) is -0.371. The first-order valence-electron chi connectivity index (χ1n) is 4.75. The molecule has 0 saturated carbocycles. The van der Waals surface area contributed by atoms with Gasteiger partial charge in [-0.15, -0.1) is 11.3 Å². The fourth-order valence-corrected chi connectivity index (χ4v) is 2.01. The Kier molecular flexibility index (Phi) is 3.34. The summed E-state index contributed by atoms with van der Waals surface area (Å²) in [6.07, 6.45) is 1.26. The first-order valence-corrected chi connectivity index (χ1v) is 5.63. The van der Waals surface area contributed by atoms with E-state index in [-0.39, 0.29) is 5.91 Å². The van der Waals surface area contributed by atoms with Crippen LogP contribution in [0.25, 0.3) is 0 Å². The summed E-state index contributed by atoms with van der Waals surface area (Å²) in [6.45, 7) is 0. The molecule has 2 aromatic heterocycles. The number of amides is 1. The highest BCUT2D eigenvalue weighted by molar-refractivity contribution is 7.12. The molecule has 0 bridgehead atoms. The first kappa shape index (κ1) is 11.5. The molecule has 0 aliphatic carbocycles. The van der Waals surface area contributed by atoms with Gasteiger partial charge in [-0.2, -0.15) is 4.39 Å². The third-order valence-corrected chi connectivity index (χ3v) is 2.93. The van der Waals surface area contributed by atoms with Gasteiger partial charge in [-0.3, -0.25) is 4.79 Å². The van der Waals surface area contributed by atoms with Crippen LogP contribution < -0.4 is 10.1 Å². The molecule has 0 unspecified atom stereocenters. The average molecular weight is 252 g/mol. The SMILES string of the molecule is COc1ccsc1C(=O)Nc1ccc(F)nc1. The van der Waals surface area contributed by atoms with E-state index in [0.29, 0.717) is 16.3 Å². The first-order chi connectivity index (χ1) is 8.20. The second-order valence-corrected chi connectivity index (χ2v) is 4.06. The van der Waals surface area contributed by atoms with Gasteiger partial charge in [0.15, 0.2) is 0 Å². The Labute approximate surface area is 101 Å². The number of aromatic nitrogens is 1. The highest BCUT2D eigenvalue weighted by atomic mass is 32.1. The summed E-state index contributed by atoms with van der Waals surface area (Å²) < 4.78 is 17.6. The minimum atomic E-state index is -0.586. The molecule has 0 aromatic carbocycles. The van der Waals surface area contributed by atoms with Crippen molar-refractivity contribution < 1.29 is 13.9 Å². The van der Waals surface area contributed by atoms with Gasteiger partial charge in [0.25, 0.3) is 5.91 Å². The summed E-state index contributed by atoms with van der Waals surface area (Å²) >= 11 is 1.27. The zero-order chi connectivity index (χ0) is 12.3. The molecule has 0 spiro atoms. The third-order valence-electron chi connectivity index (χ3n) is 2.04. The van der Waals surface area contributed by atoms with Crippen molar-refractivity contribution in [3.63, 3.8) is 0 Å². The molecule has 88 valence electrons. The van der Waals surface area contributed by atoms with Crippen molar-refractivity contribution in [3.05, 3.63) is 40.6 Å². The second-order valence-electron chi connectivity index (χ2n) is 3.14. The second kappa shape index (κ2) is 4.92. The Morgan fingerprint density at radius 1 is 1.47 bits per heavy atom. The number of ether oxygens (including phenoxy) is 1. The number of rotatable bonds is 3. The maximum atomic E-state index is 12.6. The van der Waals surface area contributed by atoms with Gasteiger partial charge in [-0.1, -0.05) is 0 Å². The molecule has 0 radical (unpaired) electrons. The topological polar surface area (TPSA) is 51.2 Å². The molecular weight excluding hydrogens is 243 g/mol. The van der Waals surface area contributed by atoms with Gasteiger partial charge in [-0.25, -0.2) is 4.98 Å². The largest absolute Gasteiger partial charge is 0.495 e. The molecule has 17 heavy (non-hydrogen) atoms. The van der Waals surface area contributed by atoms with Crippen molar-refractivity contribution in [2.45, 2.75) is 0 Å². The number of halogens is 1. The molecule has 0 aliphatic heterocycles. The molecule has 0 aliphatic rings. The number of carbonyl (C=O) groups excluding carboxylic acids is 1. The van der Waals surface area contributed by atoms with Gasteiger partial charge < -0.3 is 10.1 Å². The third kappa shape index (κ3) is 2.59. The Morgan fingerprint density at radius 3 is 2.94 bits per heavy atom. The number of pyridine rings is 1. The van der Waals surface area contributed by atoms with Crippen LogP contribution in [0, 0.1) is 5.95 Å². The van der Waals surface area contributed by atoms with E-state index in [2.05, 4.69) is 10.3 Å². The van der Waals surface area contributed by atoms with E-state index in [0.717, 1.165) is 0 Å². The number of methoxy groups -OCH3 is 1.